The van der Waals surface area contributed by atoms with Gasteiger partial charge in [0, 0.05) is 5.02 Å². The van der Waals surface area contributed by atoms with E-state index in [9.17, 15) is 4.79 Å². The molecule has 3 N–H and O–H groups in total. The molecule has 0 fully saturated rings. The van der Waals surface area contributed by atoms with Gasteiger partial charge >= 0.3 is 0 Å². The number of rotatable bonds is 1. The summed E-state index contributed by atoms with van der Waals surface area (Å²) in [5.41, 5.74) is 6.50. The highest BCUT2D eigenvalue weighted by Gasteiger charge is 2.16. The monoisotopic (exact) mass is 221 g/mol. The maximum Gasteiger partial charge on any atom is 0.276 e. The molecular formula is C10H8ClN3O. The summed E-state index contributed by atoms with van der Waals surface area (Å²) in [5, 5.41) is 3.04. The largest absolute Gasteiger partial charge is 0.369 e. The normalized spacial score (nSPS) is 17.8. The number of halogens is 1. The molecule has 0 unspecified atom stereocenters. The molecule has 0 spiro atoms. The number of nitrogens with zero attached hydrogens (tertiary/aromatic N) is 1. The van der Waals surface area contributed by atoms with Crippen LogP contribution in [0.5, 0.6) is 0 Å². The highest BCUT2D eigenvalue weighted by atomic mass is 35.5. The first-order chi connectivity index (χ1) is 7.15. The van der Waals surface area contributed by atoms with Crippen LogP contribution in [0.2, 0.25) is 5.02 Å². The van der Waals surface area contributed by atoms with Crippen LogP contribution in [0.3, 0.4) is 0 Å². The number of nitrogens with two attached hydrogens (primary N) is 1. The molecule has 15 heavy (non-hydrogen) atoms. The van der Waals surface area contributed by atoms with E-state index in [2.05, 4.69) is 10.3 Å². The van der Waals surface area contributed by atoms with Crippen molar-refractivity contribution in [2.24, 2.45) is 10.7 Å². The second-order valence-electron chi connectivity index (χ2n) is 3.03. The van der Waals surface area contributed by atoms with Crippen LogP contribution >= 0.6 is 11.6 Å². The third kappa shape index (κ3) is 2.16. The standard InChI is InChI=1S/C10H8ClN3O/c11-7-3-1-6(2-4-7)5-8-9(15)14-10(12)13-8/h1-5H,(H3,12,13,14,15)/b8-5+. The first kappa shape index (κ1) is 9.73. The number of carbonyl (C=O) groups excluding carboxylic acids is 1. The summed E-state index contributed by atoms with van der Waals surface area (Å²) in [6.07, 6.45) is 1.64. The minimum Gasteiger partial charge on any atom is -0.369 e. The van der Waals surface area contributed by atoms with Gasteiger partial charge in [-0.05, 0) is 23.8 Å². The second-order valence-corrected chi connectivity index (χ2v) is 3.47. The van der Waals surface area contributed by atoms with Crippen molar-refractivity contribution in [2.75, 3.05) is 0 Å². The lowest BCUT2D eigenvalue weighted by molar-refractivity contribution is -0.115. The molecule has 2 rings (SSSR count). The minimum atomic E-state index is -0.289. The Kier molecular flexibility index (Phi) is 2.43. The van der Waals surface area contributed by atoms with Crippen LogP contribution in [0.1, 0.15) is 5.56 Å². The van der Waals surface area contributed by atoms with Gasteiger partial charge in [-0.15, -0.1) is 0 Å². The van der Waals surface area contributed by atoms with E-state index in [-0.39, 0.29) is 11.9 Å². The quantitative estimate of drug-likeness (QED) is 0.698. The van der Waals surface area contributed by atoms with Crippen LogP contribution in [0.4, 0.5) is 0 Å². The zero-order valence-corrected chi connectivity index (χ0v) is 8.45. The Morgan fingerprint density at radius 1 is 1.33 bits per heavy atom. The summed E-state index contributed by atoms with van der Waals surface area (Å²) in [5.74, 6) is -0.164. The van der Waals surface area contributed by atoms with E-state index < -0.39 is 0 Å². The lowest BCUT2D eigenvalue weighted by atomic mass is 10.2. The van der Waals surface area contributed by atoms with Crippen LogP contribution in [0.15, 0.2) is 35.0 Å². The van der Waals surface area contributed by atoms with Gasteiger partial charge in [0.2, 0.25) is 5.96 Å². The minimum absolute atomic E-state index is 0.125. The number of aliphatic imine (C=N–C) groups is 1. The van der Waals surface area contributed by atoms with E-state index in [1.54, 1.807) is 30.3 Å². The van der Waals surface area contributed by atoms with Crippen LogP contribution in [-0.4, -0.2) is 11.9 Å². The van der Waals surface area contributed by atoms with Gasteiger partial charge < -0.3 is 5.73 Å². The Hall–Kier alpha value is -1.81. The van der Waals surface area contributed by atoms with E-state index in [0.717, 1.165) is 5.56 Å². The van der Waals surface area contributed by atoms with Crippen LogP contribution in [0.25, 0.3) is 6.08 Å². The first-order valence-corrected chi connectivity index (χ1v) is 4.66. The molecular weight excluding hydrogens is 214 g/mol. The molecule has 1 aromatic rings. The first-order valence-electron chi connectivity index (χ1n) is 4.28. The van der Waals surface area contributed by atoms with Gasteiger partial charge in [-0.2, -0.15) is 0 Å². The number of amides is 1. The number of nitrogens with one attached hydrogen (secondary N) is 1. The van der Waals surface area contributed by atoms with Crippen molar-refractivity contribution >= 4 is 29.5 Å². The predicted octanol–water partition coefficient (Wildman–Crippen LogP) is 1.13. The topological polar surface area (TPSA) is 67.5 Å². The summed E-state index contributed by atoms with van der Waals surface area (Å²) in [6, 6.07) is 7.08. The lowest BCUT2D eigenvalue weighted by Gasteiger charge is -1.94. The summed E-state index contributed by atoms with van der Waals surface area (Å²) >= 11 is 5.73. The van der Waals surface area contributed by atoms with Crippen LogP contribution < -0.4 is 11.1 Å². The number of carbonyl (C=O) groups is 1. The van der Waals surface area contributed by atoms with E-state index in [1.807, 2.05) is 0 Å². The third-order valence-corrected chi connectivity index (χ3v) is 2.14. The fourth-order valence-corrected chi connectivity index (χ4v) is 1.33. The van der Waals surface area contributed by atoms with Crippen molar-refractivity contribution in [3.8, 4) is 0 Å². The molecule has 5 heteroatoms. The van der Waals surface area contributed by atoms with Crippen molar-refractivity contribution < 1.29 is 4.79 Å². The van der Waals surface area contributed by atoms with Crippen molar-refractivity contribution in [3.63, 3.8) is 0 Å². The van der Waals surface area contributed by atoms with E-state index in [0.29, 0.717) is 10.7 Å². The summed E-state index contributed by atoms with van der Waals surface area (Å²) in [4.78, 5) is 15.1. The fourth-order valence-electron chi connectivity index (χ4n) is 1.20. The summed E-state index contributed by atoms with van der Waals surface area (Å²) in [6.45, 7) is 0. The molecule has 4 nitrogen and oxygen atoms in total. The number of hydrogen-bond acceptors (Lipinski definition) is 3. The van der Waals surface area contributed by atoms with Gasteiger partial charge in [-0.1, -0.05) is 23.7 Å². The molecule has 0 saturated heterocycles. The Morgan fingerprint density at radius 3 is 2.53 bits per heavy atom. The average Bonchev–Trinajstić information content (AvgIpc) is 2.49. The van der Waals surface area contributed by atoms with E-state index >= 15 is 0 Å². The molecule has 0 atom stereocenters. The molecule has 1 aliphatic rings. The van der Waals surface area contributed by atoms with Crippen molar-refractivity contribution in [2.45, 2.75) is 0 Å². The summed E-state index contributed by atoms with van der Waals surface area (Å²) in [7, 11) is 0. The molecule has 1 amide bonds. The molecule has 1 aromatic carbocycles. The third-order valence-electron chi connectivity index (χ3n) is 1.89. The number of hydrogen-bond donors (Lipinski definition) is 2. The summed E-state index contributed by atoms with van der Waals surface area (Å²) < 4.78 is 0. The molecule has 1 heterocycles. The maximum absolute atomic E-state index is 11.3. The maximum atomic E-state index is 11.3. The highest BCUT2D eigenvalue weighted by molar-refractivity contribution is 6.30. The van der Waals surface area contributed by atoms with Crippen molar-refractivity contribution in [1.82, 2.24) is 5.32 Å². The molecule has 0 bridgehead atoms. The van der Waals surface area contributed by atoms with Gasteiger partial charge in [0.15, 0.2) is 0 Å². The number of benzene rings is 1. The molecule has 0 aromatic heterocycles. The van der Waals surface area contributed by atoms with Crippen molar-refractivity contribution in [1.29, 1.82) is 0 Å². The molecule has 0 radical (unpaired) electrons. The Labute approximate surface area is 91.4 Å². The highest BCUT2D eigenvalue weighted by Crippen LogP contribution is 2.14. The Bertz CT molecular complexity index is 462. The zero-order valence-electron chi connectivity index (χ0n) is 7.70. The predicted molar refractivity (Wildman–Crippen MR) is 59.2 cm³/mol. The Morgan fingerprint density at radius 2 is 2.00 bits per heavy atom. The molecule has 0 saturated carbocycles. The average molecular weight is 222 g/mol. The molecule has 76 valence electrons. The van der Waals surface area contributed by atoms with Gasteiger partial charge in [0.05, 0.1) is 0 Å². The van der Waals surface area contributed by atoms with E-state index in [4.69, 9.17) is 17.3 Å². The lowest BCUT2D eigenvalue weighted by Crippen LogP contribution is -2.30. The van der Waals surface area contributed by atoms with Crippen LogP contribution in [0, 0.1) is 0 Å². The van der Waals surface area contributed by atoms with Gasteiger partial charge in [0.25, 0.3) is 5.91 Å². The molecule has 0 aliphatic carbocycles. The van der Waals surface area contributed by atoms with Gasteiger partial charge in [0.1, 0.15) is 5.70 Å². The Balaban J connectivity index is 2.31. The zero-order chi connectivity index (χ0) is 10.8. The fraction of sp³-hybridized carbons (Fsp3) is 0. The van der Waals surface area contributed by atoms with Gasteiger partial charge in [-0.3, -0.25) is 10.1 Å². The van der Waals surface area contributed by atoms with E-state index in [1.165, 1.54) is 0 Å². The van der Waals surface area contributed by atoms with Gasteiger partial charge in [-0.25, -0.2) is 4.99 Å². The second kappa shape index (κ2) is 3.74. The smallest absolute Gasteiger partial charge is 0.276 e. The SMILES string of the molecule is NC1=N/C(=C/c2ccc(Cl)cc2)C(=O)N1. The molecule has 1 aliphatic heterocycles. The van der Waals surface area contributed by atoms with Crippen molar-refractivity contribution in [3.05, 3.63) is 40.5 Å². The van der Waals surface area contributed by atoms with Crippen LogP contribution in [-0.2, 0) is 4.79 Å². The number of guanidine groups is 1.